The Balaban J connectivity index is 1.43. The maximum absolute atomic E-state index is 10.4. The molecular formula is C22H18N2O2. The van der Waals surface area contributed by atoms with E-state index in [1.165, 1.54) is 0 Å². The molecular weight excluding hydrogens is 324 g/mol. The van der Waals surface area contributed by atoms with Gasteiger partial charge in [-0.1, -0.05) is 42.5 Å². The van der Waals surface area contributed by atoms with Crippen LogP contribution < -0.4 is 4.74 Å². The van der Waals surface area contributed by atoms with Crippen LogP contribution in [-0.2, 0) is 6.61 Å². The van der Waals surface area contributed by atoms with Crippen molar-refractivity contribution < 1.29 is 9.84 Å². The van der Waals surface area contributed by atoms with Gasteiger partial charge in [-0.25, -0.2) is 4.98 Å². The van der Waals surface area contributed by atoms with Crippen molar-refractivity contribution in [1.82, 2.24) is 9.97 Å². The average Bonchev–Trinajstić information content (AvgIpc) is 2.72. The third kappa shape index (κ3) is 3.55. The van der Waals surface area contributed by atoms with E-state index in [2.05, 4.69) is 9.97 Å². The normalized spacial score (nSPS) is 12.0. The van der Waals surface area contributed by atoms with E-state index in [9.17, 15) is 5.11 Å². The molecule has 4 rings (SSSR count). The fraction of sp³-hybridized carbons (Fsp3) is 0.0909. The zero-order valence-corrected chi connectivity index (χ0v) is 14.1. The smallest absolute Gasteiger partial charge is 0.130 e. The lowest BCUT2D eigenvalue weighted by atomic mass is 10.0. The molecule has 0 saturated heterocycles. The SMILES string of the molecule is OC(c1ccc(OCc2ccc3ccccc3n2)cc1)c1cccnc1. The number of aromatic nitrogens is 2. The molecule has 26 heavy (non-hydrogen) atoms. The Kier molecular flexibility index (Phi) is 4.58. The third-order valence-electron chi connectivity index (χ3n) is 4.24. The first-order chi connectivity index (χ1) is 12.8. The van der Waals surface area contributed by atoms with E-state index in [0.29, 0.717) is 6.61 Å². The molecule has 0 radical (unpaired) electrons. The quantitative estimate of drug-likeness (QED) is 0.588. The fourth-order valence-corrected chi connectivity index (χ4v) is 2.82. The van der Waals surface area contributed by atoms with E-state index in [4.69, 9.17) is 4.74 Å². The Bertz CT molecular complexity index is 1000. The predicted octanol–water partition coefficient (Wildman–Crippen LogP) is 4.29. The largest absolute Gasteiger partial charge is 0.487 e. The van der Waals surface area contributed by atoms with Crippen molar-refractivity contribution in [3.63, 3.8) is 0 Å². The number of fused-ring (bicyclic) bond motifs is 1. The molecule has 4 heteroatoms. The van der Waals surface area contributed by atoms with Crippen LogP contribution in [0.1, 0.15) is 22.9 Å². The molecule has 0 saturated carbocycles. The van der Waals surface area contributed by atoms with Crippen LogP contribution in [0.15, 0.2) is 85.2 Å². The van der Waals surface area contributed by atoms with Gasteiger partial charge in [0.15, 0.2) is 0 Å². The Morgan fingerprint density at radius 1 is 0.846 bits per heavy atom. The Morgan fingerprint density at radius 2 is 1.69 bits per heavy atom. The summed E-state index contributed by atoms with van der Waals surface area (Å²) in [4.78, 5) is 8.65. The molecule has 1 N–H and O–H groups in total. The first kappa shape index (κ1) is 16.2. The van der Waals surface area contributed by atoms with Crippen molar-refractivity contribution in [3.05, 3.63) is 102 Å². The molecule has 0 amide bonds. The van der Waals surface area contributed by atoms with E-state index in [0.717, 1.165) is 33.5 Å². The van der Waals surface area contributed by atoms with E-state index in [1.54, 1.807) is 12.4 Å². The average molecular weight is 342 g/mol. The number of ether oxygens (including phenoxy) is 1. The summed E-state index contributed by atoms with van der Waals surface area (Å²) < 4.78 is 5.82. The first-order valence-corrected chi connectivity index (χ1v) is 8.45. The highest BCUT2D eigenvalue weighted by Gasteiger charge is 2.10. The number of hydrogen-bond acceptors (Lipinski definition) is 4. The second-order valence-corrected chi connectivity index (χ2v) is 6.04. The molecule has 1 atom stereocenters. The molecule has 0 spiro atoms. The summed E-state index contributed by atoms with van der Waals surface area (Å²) in [7, 11) is 0. The van der Waals surface area contributed by atoms with Crippen LogP contribution in [0.2, 0.25) is 0 Å². The third-order valence-corrected chi connectivity index (χ3v) is 4.24. The zero-order chi connectivity index (χ0) is 17.8. The van der Waals surface area contributed by atoms with Crippen molar-refractivity contribution >= 4 is 10.9 Å². The summed E-state index contributed by atoms with van der Waals surface area (Å²) in [5.74, 6) is 0.738. The van der Waals surface area contributed by atoms with Gasteiger partial charge in [-0.05, 0) is 35.9 Å². The van der Waals surface area contributed by atoms with Crippen molar-refractivity contribution in [3.8, 4) is 5.75 Å². The molecule has 0 aliphatic carbocycles. The molecule has 2 heterocycles. The lowest BCUT2D eigenvalue weighted by Crippen LogP contribution is -2.01. The number of aliphatic hydroxyl groups is 1. The van der Waals surface area contributed by atoms with Crippen LogP contribution in [0.4, 0.5) is 0 Å². The molecule has 4 nitrogen and oxygen atoms in total. The van der Waals surface area contributed by atoms with Crippen molar-refractivity contribution in [1.29, 1.82) is 0 Å². The van der Waals surface area contributed by atoms with E-state index in [1.807, 2.05) is 72.8 Å². The van der Waals surface area contributed by atoms with Crippen molar-refractivity contribution in [2.75, 3.05) is 0 Å². The summed E-state index contributed by atoms with van der Waals surface area (Å²) in [6.07, 6.45) is 2.66. The van der Waals surface area contributed by atoms with Crippen molar-refractivity contribution in [2.45, 2.75) is 12.7 Å². The molecule has 1 unspecified atom stereocenters. The molecule has 4 aromatic rings. The van der Waals surface area contributed by atoms with E-state index in [-0.39, 0.29) is 0 Å². The number of pyridine rings is 2. The van der Waals surface area contributed by atoms with Gasteiger partial charge in [0.1, 0.15) is 18.5 Å². The van der Waals surface area contributed by atoms with Gasteiger partial charge in [-0.3, -0.25) is 4.98 Å². The lowest BCUT2D eigenvalue weighted by Gasteiger charge is -2.12. The molecule has 2 aromatic heterocycles. The Labute approximate surface area is 151 Å². The monoisotopic (exact) mass is 342 g/mol. The molecule has 0 aliphatic heterocycles. The highest BCUT2D eigenvalue weighted by Crippen LogP contribution is 2.23. The zero-order valence-electron chi connectivity index (χ0n) is 14.1. The van der Waals surface area contributed by atoms with Gasteiger partial charge >= 0.3 is 0 Å². The molecule has 128 valence electrons. The number of nitrogens with zero attached hydrogens (tertiary/aromatic N) is 2. The second kappa shape index (κ2) is 7.33. The minimum atomic E-state index is -0.695. The minimum Gasteiger partial charge on any atom is -0.487 e. The van der Waals surface area contributed by atoms with Crippen LogP contribution in [0, 0.1) is 0 Å². The van der Waals surface area contributed by atoms with Crippen LogP contribution in [-0.4, -0.2) is 15.1 Å². The van der Waals surface area contributed by atoms with E-state index >= 15 is 0 Å². The number of hydrogen-bond donors (Lipinski definition) is 1. The topological polar surface area (TPSA) is 55.2 Å². The van der Waals surface area contributed by atoms with Crippen LogP contribution in [0.25, 0.3) is 10.9 Å². The van der Waals surface area contributed by atoms with Gasteiger partial charge in [0.05, 0.1) is 11.2 Å². The summed E-state index contributed by atoms with van der Waals surface area (Å²) in [6, 6.07) is 23.1. The van der Waals surface area contributed by atoms with Gasteiger partial charge in [-0.15, -0.1) is 0 Å². The Morgan fingerprint density at radius 3 is 2.50 bits per heavy atom. The first-order valence-electron chi connectivity index (χ1n) is 8.45. The maximum atomic E-state index is 10.4. The summed E-state index contributed by atoms with van der Waals surface area (Å²) in [5, 5.41) is 11.5. The van der Waals surface area contributed by atoms with Gasteiger partial charge in [0.2, 0.25) is 0 Å². The number of aliphatic hydroxyl groups excluding tert-OH is 1. The highest BCUT2D eigenvalue weighted by molar-refractivity contribution is 5.78. The van der Waals surface area contributed by atoms with Crippen LogP contribution in [0.3, 0.4) is 0 Å². The standard InChI is InChI=1S/C22H18N2O2/c25-22(18-5-3-13-23-14-18)17-8-11-20(12-9-17)26-15-19-10-7-16-4-1-2-6-21(16)24-19/h1-14,22,25H,15H2. The molecule has 2 aromatic carbocycles. The second-order valence-electron chi connectivity index (χ2n) is 6.04. The minimum absolute atomic E-state index is 0.398. The van der Waals surface area contributed by atoms with Crippen LogP contribution in [0.5, 0.6) is 5.75 Å². The summed E-state index contributed by atoms with van der Waals surface area (Å²) in [6.45, 7) is 0.398. The fourth-order valence-electron chi connectivity index (χ4n) is 2.82. The Hall–Kier alpha value is -3.24. The number of benzene rings is 2. The summed E-state index contributed by atoms with van der Waals surface area (Å²) in [5.41, 5.74) is 3.41. The molecule has 0 aliphatic rings. The molecule has 0 bridgehead atoms. The molecule has 0 fully saturated rings. The van der Waals surface area contributed by atoms with Crippen molar-refractivity contribution in [2.24, 2.45) is 0 Å². The summed E-state index contributed by atoms with van der Waals surface area (Å²) >= 11 is 0. The van der Waals surface area contributed by atoms with Gasteiger partial charge in [0.25, 0.3) is 0 Å². The number of rotatable bonds is 5. The van der Waals surface area contributed by atoms with Gasteiger partial charge in [0, 0.05) is 23.3 Å². The maximum Gasteiger partial charge on any atom is 0.130 e. The number of para-hydroxylation sites is 1. The van der Waals surface area contributed by atoms with Gasteiger partial charge < -0.3 is 9.84 Å². The lowest BCUT2D eigenvalue weighted by molar-refractivity contribution is 0.219. The van der Waals surface area contributed by atoms with E-state index < -0.39 is 6.10 Å². The van der Waals surface area contributed by atoms with Crippen LogP contribution >= 0.6 is 0 Å². The van der Waals surface area contributed by atoms with Gasteiger partial charge in [-0.2, -0.15) is 0 Å². The highest BCUT2D eigenvalue weighted by atomic mass is 16.5. The predicted molar refractivity (Wildman–Crippen MR) is 101 cm³/mol.